The molecule has 4 heteroatoms. The predicted octanol–water partition coefficient (Wildman–Crippen LogP) is 2.32. The highest BCUT2D eigenvalue weighted by atomic mass is 16.6. The molecule has 0 amide bonds. The van der Waals surface area contributed by atoms with Gasteiger partial charge < -0.3 is 20.1 Å². The van der Waals surface area contributed by atoms with Gasteiger partial charge in [0.05, 0.1) is 0 Å². The molecule has 1 unspecified atom stereocenters. The molecule has 2 N–H and O–H groups in total. The number of aryl methyl sites for hydroxylation is 1. The number of anilines is 1. The van der Waals surface area contributed by atoms with Gasteiger partial charge in [-0.2, -0.15) is 0 Å². The highest BCUT2D eigenvalue weighted by molar-refractivity contribution is 5.61. The Morgan fingerprint density at radius 2 is 1.89 bits per heavy atom. The Bertz CT molecular complexity index is 485. The van der Waals surface area contributed by atoms with Crippen LogP contribution in [-0.2, 0) is 0 Å². The Hall–Kier alpha value is -1.42. The van der Waals surface area contributed by atoms with Gasteiger partial charge in [-0.15, -0.1) is 0 Å². The van der Waals surface area contributed by atoms with Crippen LogP contribution < -0.4 is 20.1 Å². The van der Waals surface area contributed by atoms with E-state index in [0.29, 0.717) is 19.3 Å². The van der Waals surface area contributed by atoms with Crippen molar-refractivity contribution >= 4 is 5.69 Å². The maximum Gasteiger partial charge on any atom is 0.163 e. The Kier molecular flexibility index (Phi) is 3.05. The molecular formula is C15H22N2O2. The van der Waals surface area contributed by atoms with Crippen molar-refractivity contribution in [2.45, 2.75) is 38.8 Å². The summed E-state index contributed by atoms with van der Waals surface area (Å²) < 4.78 is 11.2. The first-order valence-electron chi connectivity index (χ1n) is 6.95. The monoisotopic (exact) mass is 262 g/mol. The maximum absolute atomic E-state index is 5.64. The van der Waals surface area contributed by atoms with Crippen molar-refractivity contribution in [1.29, 1.82) is 0 Å². The minimum Gasteiger partial charge on any atom is -0.486 e. The molecule has 19 heavy (non-hydrogen) atoms. The SMILES string of the molecule is Cc1cc2c(cc1NC1CNC(C)(C)C1)OCCO2. The zero-order valence-electron chi connectivity index (χ0n) is 11.9. The lowest BCUT2D eigenvalue weighted by molar-refractivity contribution is 0.171. The second kappa shape index (κ2) is 4.60. The van der Waals surface area contributed by atoms with E-state index in [2.05, 4.69) is 43.5 Å². The third-order valence-electron chi connectivity index (χ3n) is 3.83. The van der Waals surface area contributed by atoms with Crippen LogP contribution in [-0.4, -0.2) is 31.3 Å². The van der Waals surface area contributed by atoms with E-state index in [1.807, 2.05) is 0 Å². The standard InChI is InChI=1S/C15H22N2O2/c1-10-6-13-14(19-5-4-18-13)7-12(10)17-11-8-15(2,3)16-9-11/h6-7,11,16-17H,4-5,8-9H2,1-3H3. The van der Waals surface area contributed by atoms with Crippen LogP contribution in [0.25, 0.3) is 0 Å². The fourth-order valence-corrected chi connectivity index (χ4v) is 2.83. The first-order chi connectivity index (χ1) is 9.03. The quantitative estimate of drug-likeness (QED) is 0.858. The van der Waals surface area contributed by atoms with Crippen molar-refractivity contribution in [3.63, 3.8) is 0 Å². The molecule has 2 aliphatic heterocycles. The molecule has 1 saturated heterocycles. The van der Waals surface area contributed by atoms with Crippen LogP contribution in [0.2, 0.25) is 0 Å². The van der Waals surface area contributed by atoms with Crippen LogP contribution in [0.5, 0.6) is 11.5 Å². The first kappa shape index (κ1) is 12.6. The fraction of sp³-hybridized carbons (Fsp3) is 0.600. The number of benzene rings is 1. The van der Waals surface area contributed by atoms with Gasteiger partial charge in [0.25, 0.3) is 0 Å². The molecule has 0 aromatic heterocycles. The van der Waals surface area contributed by atoms with Crippen molar-refractivity contribution in [3.8, 4) is 11.5 Å². The Labute approximate surface area is 114 Å². The summed E-state index contributed by atoms with van der Waals surface area (Å²) in [5, 5.41) is 7.15. The Balaban J connectivity index is 1.78. The van der Waals surface area contributed by atoms with Gasteiger partial charge >= 0.3 is 0 Å². The molecule has 1 atom stereocenters. The molecule has 104 valence electrons. The van der Waals surface area contributed by atoms with Crippen LogP contribution in [0.15, 0.2) is 12.1 Å². The van der Waals surface area contributed by atoms with Crippen molar-refractivity contribution in [1.82, 2.24) is 5.32 Å². The molecule has 1 aromatic rings. The van der Waals surface area contributed by atoms with Crippen LogP contribution in [0.4, 0.5) is 5.69 Å². The lowest BCUT2D eigenvalue weighted by atomic mass is 10.0. The highest BCUT2D eigenvalue weighted by Gasteiger charge is 2.30. The second-order valence-electron chi connectivity index (χ2n) is 6.12. The summed E-state index contributed by atoms with van der Waals surface area (Å²) in [6.45, 7) is 8.86. The molecule has 1 aromatic carbocycles. The van der Waals surface area contributed by atoms with Gasteiger partial charge in [0, 0.05) is 29.9 Å². The number of hydrogen-bond donors (Lipinski definition) is 2. The van der Waals surface area contributed by atoms with E-state index in [-0.39, 0.29) is 5.54 Å². The van der Waals surface area contributed by atoms with Crippen LogP contribution in [0.3, 0.4) is 0 Å². The van der Waals surface area contributed by atoms with E-state index in [0.717, 1.165) is 30.2 Å². The van der Waals surface area contributed by atoms with Gasteiger partial charge in [-0.3, -0.25) is 0 Å². The van der Waals surface area contributed by atoms with E-state index in [1.165, 1.54) is 5.56 Å². The third kappa shape index (κ3) is 2.63. The minimum absolute atomic E-state index is 0.222. The van der Waals surface area contributed by atoms with Crippen molar-refractivity contribution in [3.05, 3.63) is 17.7 Å². The molecule has 1 fully saturated rings. The van der Waals surface area contributed by atoms with E-state index in [9.17, 15) is 0 Å². The van der Waals surface area contributed by atoms with Crippen LogP contribution in [0, 0.1) is 6.92 Å². The molecule has 0 bridgehead atoms. The number of rotatable bonds is 2. The van der Waals surface area contributed by atoms with Gasteiger partial charge in [-0.05, 0) is 38.8 Å². The Morgan fingerprint density at radius 1 is 1.21 bits per heavy atom. The zero-order valence-corrected chi connectivity index (χ0v) is 11.9. The summed E-state index contributed by atoms with van der Waals surface area (Å²) in [5.74, 6) is 1.71. The van der Waals surface area contributed by atoms with Gasteiger partial charge in [-0.1, -0.05) is 0 Å². The van der Waals surface area contributed by atoms with Crippen molar-refractivity contribution in [2.24, 2.45) is 0 Å². The van der Waals surface area contributed by atoms with Gasteiger partial charge in [0.2, 0.25) is 0 Å². The molecule has 0 saturated carbocycles. The van der Waals surface area contributed by atoms with Gasteiger partial charge in [-0.25, -0.2) is 0 Å². The smallest absolute Gasteiger partial charge is 0.163 e. The second-order valence-corrected chi connectivity index (χ2v) is 6.12. The van der Waals surface area contributed by atoms with E-state index in [1.54, 1.807) is 0 Å². The number of fused-ring (bicyclic) bond motifs is 1. The molecular weight excluding hydrogens is 240 g/mol. The van der Waals surface area contributed by atoms with Gasteiger partial charge in [0.15, 0.2) is 11.5 Å². The van der Waals surface area contributed by atoms with Crippen molar-refractivity contribution < 1.29 is 9.47 Å². The summed E-state index contributed by atoms with van der Waals surface area (Å²) in [6, 6.07) is 4.59. The summed E-state index contributed by atoms with van der Waals surface area (Å²) >= 11 is 0. The molecule has 0 spiro atoms. The normalized spacial score (nSPS) is 24.3. The zero-order chi connectivity index (χ0) is 13.5. The summed E-state index contributed by atoms with van der Waals surface area (Å²) in [6.07, 6.45) is 1.13. The largest absolute Gasteiger partial charge is 0.486 e. The molecule has 0 radical (unpaired) electrons. The third-order valence-corrected chi connectivity index (χ3v) is 3.83. The minimum atomic E-state index is 0.222. The van der Waals surface area contributed by atoms with Crippen LogP contribution in [0.1, 0.15) is 25.8 Å². The molecule has 0 aliphatic carbocycles. The average Bonchev–Trinajstić information content (AvgIpc) is 2.70. The molecule has 2 aliphatic rings. The summed E-state index contributed by atoms with van der Waals surface area (Å²) in [4.78, 5) is 0. The lowest BCUT2D eigenvalue weighted by Gasteiger charge is -2.23. The molecule has 2 heterocycles. The highest BCUT2D eigenvalue weighted by Crippen LogP contribution is 2.36. The van der Waals surface area contributed by atoms with Crippen LogP contribution >= 0.6 is 0 Å². The summed E-state index contributed by atoms with van der Waals surface area (Å²) in [5.41, 5.74) is 2.57. The summed E-state index contributed by atoms with van der Waals surface area (Å²) in [7, 11) is 0. The molecule has 4 nitrogen and oxygen atoms in total. The number of nitrogens with one attached hydrogen (secondary N) is 2. The number of ether oxygens (including phenoxy) is 2. The van der Waals surface area contributed by atoms with E-state index < -0.39 is 0 Å². The fourth-order valence-electron chi connectivity index (χ4n) is 2.83. The number of hydrogen-bond acceptors (Lipinski definition) is 4. The van der Waals surface area contributed by atoms with Crippen molar-refractivity contribution in [2.75, 3.05) is 25.1 Å². The first-order valence-corrected chi connectivity index (χ1v) is 6.95. The van der Waals surface area contributed by atoms with Gasteiger partial charge in [0.1, 0.15) is 13.2 Å². The van der Waals surface area contributed by atoms with E-state index >= 15 is 0 Å². The maximum atomic E-state index is 5.64. The predicted molar refractivity (Wildman–Crippen MR) is 76.3 cm³/mol. The average molecular weight is 262 g/mol. The molecule has 3 rings (SSSR count). The lowest BCUT2D eigenvalue weighted by Crippen LogP contribution is -2.31. The topological polar surface area (TPSA) is 42.5 Å². The van der Waals surface area contributed by atoms with E-state index in [4.69, 9.17) is 9.47 Å². The Morgan fingerprint density at radius 3 is 2.53 bits per heavy atom.